The van der Waals surface area contributed by atoms with Crippen molar-refractivity contribution < 1.29 is 13.0 Å². The molecular weight excluding hydrogens is 879 g/mol. The van der Waals surface area contributed by atoms with Crippen LogP contribution in [0, 0.1) is 38.4 Å². The molecule has 0 fully saturated rings. The van der Waals surface area contributed by atoms with Gasteiger partial charge in [-0.15, -0.1) is 0 Å². The number of ether oxygens (including phenoxy) is 1. The number of benzene rings is 4. The Morgan fingerprint density at radius 2 is 0.902 bits per heavy atom. The molecule has 8 aromatic rings. The SMILES string of the molecule is [2H]C([2H])([2H])c1nnc(-c2cc(Oc3cc(-c4nnc(C([2H])([2H])[2H])c5c4[se]c4c(C)c(CC(C)(C)C)ccc45)cc(C(C)(C)C)c3)cc(C(C)(C)C)c2)c2[se]c3c(C)c(CC(C)(C)C)ccc3c12. The van der Waals surface area contributed by atoms with E-state index in [9.17, 15) is 0 Å². The molecule has 0 saturated carbocycles. The molecular formula is C54H62N4OSe2. The molecule has 8 rings (SSSR count). The topological polar surface area (TPSA) is 60.8 Å². The van der Waals surface area contributed by atoms with Gasteiger partial charge in [-0.1, -0.05) is 0 Å². The van der Waals surface area contributed by atoms with Gasteiger partial charge in [-0.3, -0.25) is 0 Å². The number of fused-ring (bicyclic) bond motifs is 6. The van der Waals surface area contributed by atoms with Crippen LogP contribution in [0.1, 0.15) is 136 Å². The molecule has 0 spiro atoms. The Bertz CT molecular complexity index is 3040. The van der Waals surface area contributed by atoms with Crippen LogP contribution in [0.3, 0.4) is 0 Å². The third-order valence-corrected chi connectivity index (χ3v) is 17.2. The number of hydrogen-bond donors (Lipinski definition) is 0. The molecule has 0 aliphatic rings. The summed E-state index contributed by atoms with van der Waals surface area (Å²) in [5, 5.41) is 21.7. The second kappa shape index (κ2) is 15.3. The first-order valence-electron chi connectivity index (χ1n) is 24.2. The molecule has 0 amide bonds. The van der Waals surface area contributed by atoms with Crippen LogP contribution >= 0.6 is 0 Å². The molecule has 0 saturated heterocycles. The molecule has 7 heteroatoms. The summed E-state index contributed by atoms with van der Waals surface area (Å²) >= 11 is -0.459. The van der Waals surface area contributed by atoms with Crippen LogP contribution in [0.4, 0.5) is 0 Å². The first kappa shape index (κ1) is 36.4. The number of aryl methyl sites for hydroxylation is 4. The van der Waals surface area contributed by atoms with E-state index >= 15 is 0 Å². The first-order chi connectivity index (χ1) is 30.8. The monoisotopic (exact) mass is 948 g/mol. The van der Waals surface area contributed by atoms with Gasteiger partial charge in [-0.2, -0.15) is 0 Å². The first-order valence-corrected chi connectivity index (χ1v) is 24.6. The molecule has 4 heterocycles. The van der Waals surface area contributed by atoms with E-state index in [1.54, 1.807) is 0 Å². The Labute approximate surface area is 383 Å². The van der Waals surface area contributed by atoms with Crippen molar-refractivity contribution in [3.05, 3.63) is 105 Å². The Balaban J connectivity index is 1.32. The zero-order chi connectivity index (χ0) is 49.1. The van der Waals surface area contributed by atoms with Gasteiger partial charge < -0.3 is 0 Å². The van der Waals surface area contributed by atoms with Crippen LogP contribution in [0.25, 0.3) is 61.1 Å². The summed E-state index contributed by atoms with van der Waals surface area (Å²) in [6, 6.07) is 20.9. The van der Waals surface area contributed by atoms with Crippen molar-refractivity contribution in [1.29, 1.82) is 0 Å². The van der Waals surface area contributed by atoms with Gasteiger partial charge in [-0.05, 0) is 0 Å². The van der Waals surface area contributed by atoms with Crippen LogP contribution in [-0.4, -0.2) is 49.4 Å². The minimum absolute atomic E-state index is 0.0382. The van der Waals surface area contributed by atoms with E-state index < -0.39 is 13.7 Å². The Morgan fingerprint density at radius 3 is 1.25 bits per heavy atom. The van der Waals surface area contributed by atoms with Crippen molar-refractivity contribution in [1.82, 2.24) is 20.4 Å². The average Bonchev–Trinajstić information content (AvgIpc) is 3.77. The van der Waals surface area contributed by atoms with Crippen molar-refractivity contribution in [2.24, 2.45) is 10.8 Å². The number of aromatic nitrogens is 4. The summed E-state index contributed by atoms with van der Waals surface area (Å²) < 4.78 is 62.4. The standard InChI is InChI=1S/C54H62N4OSe2/c1-29-33(27-51(5,6)7)17-19-41-43-31(3)55-57-45(49(43)60-47(29)41)35-21-37(53(11,12)13)25-39(23-35)59-40-24-36(22-38(26-40)54(14,15)16)46-50-44(32(4)56-58-46)42-20-18-34(28-52(8,9)10)30(2)48(42)61-50/h17-26H,27-28H2,1-16H3/i3D3,4D3. The maximum absolute atomic E-state index is 8.53. The van der Waals surface area contributed by atoms with Crippen molar-refractivity contribution in [3.8, 4) is 34.0 Å². The van der Waals surface area contributed by atoms with Crippen molar-refractivity contribution >= 4 is 67.6 Å². The number of hydrogen-bond acceptors (Lipinski definition) is 5. The molecule has 316 valence electrons. The van der Waals surface area contributed by atoms with E-state index in [1.165, 1.54) is 30.8 Å². The van der Waals surface area contributed by atoms with Crippen LogP contribution in [0.2, 0.25) is 0 Å². The molecule has 0 aliphatic heterocycles. The fourth-order valence-electron chi connectivity index (χ4n) is 8.36. The third-order valence-electron chi connectivity index (χ3n) is 11.6. The van der Waals surface area contributed by atoms with Crippen LogP contribution in [0.5, 0.6) is 11.5 Å². The van der Waals surface area contributed by atoms with Gasteiger partial charge in [0.25, 0.3) is 0 Å². The van der Waals surface area contributed by atoms with Gasteiger partial charge in [0.15, 0.2) is 0 Å². The summed E-state index contributed by atoms with van der Waals surface area (Å²) in [4.78, 5) is 0. The molecule has 0 bridgehead atoms. The van der Waals surface area contributed by atoms with E-state index in [0.29, 0.717) is 33.7 Å². The second-order valence-corrected chi connectivity index (χ2v) is 25.7. The minimum atomic E-state index is -2.45. The summed E-state index contributed by atoms with van der Waals surface area (Å²) in [6.07, 6.45) is 1.82. The fraction of sp³-hybridized carbons (Fsp3) is 0.407. The van der Waals surface area contributed by atoms with Gasteiger partial charge in [0, 0.05) is 0 Å². The summed E-state index contributed by atoms with van der Waals surface area (Å²) in [5.74, 6) is 1.21. The van der Waals surface area contributed by atoms with Crippen molar-refractivity contribution in [2.75, 3.05) is 0 Å². The number of nitrogens with zero attached hydrogens (tertiary/aromatic N) is 4. The molecule has 4 aromatic heterocycles. The Hall–Kier alpha value is -4.12. The molecule has 4 aromatic carbocycles. The van der Waals surface area contributed by atoms with Crippen LogP contribution in [-0.2, 0) is 23.7 Å². The molecule has 0 N–H and O–H groups in total. The van der Waals surface area contributed by atoms with E-state index in [2.05, 4.69) is 156 Å². The quantitative estimate of drug-likeness (QED) is 0.155. The molecule has 0 atom stereocenters. The molecule has 0 radical (unpaired) electrons. The molecule has 5 nitrogen and oxygen atoms in total. The molecule has 0 aliphatic carbocycles. The van der Waals surface area contributed by atoms with E-state index in [-0.39, 0.29) is 62.1 Å². The second-order valence-electron chi connectivity index (χ2n) is 21.4. The average molecular weight is 947 g/mol. The zero-order valence-electron chi connectivity index (χ0n) is 44.2. The maximum atomic E-state index is 8.53. The zero-order valence-corrected chi connectivity index (χ0v) is 41.6. The van der Waals surface area contributed by atoms with E-state index in [4.69, 9.17) is 23.2 Å². The third kappa shape index (κ3) is 8.53. The summed E-state index contributed by atoms with van der Waals surface area (Å²) in [7, 11) is 0. The fourth-order valence-corrected chi connectivity index (χ4v) is 14.0. The van der Waals surface area contributed by atoms with Crippen LogP contribution in [0.15, 0.2) is 60.7 Å². The van der Waals surface area contributed by atoms with Gasteiger partial charge >= 0.3 is 386 Å². The Kier molecular flexibility index (Phi) is 9.12. The summed E-state index contributed by atoms with van der Waals surface area (Å²) in [6.45, 7) is 25.9. The van der Waals surface area contributed by atoms with Gasteiger partial charge in [0.2, 0.25) is 0 Å². The van der Waals surface area contributed by atoms with Crippen LogP contribution < -0.4 is 4.74 Å². The predicted molar refractivity (Wildman–Crippen MR) is 262 cm³/mol. The van der Waals surface area contributed by atoms with Gasteiger partial charge in [0.05, 0.1) is 0 Å². The summed E-state index contributed by atoms with van der Waals surface area (Å²) in [5.41, 5.74) is 9.67. The predicted octanol–water partition coefficient (Wildman–Crippen LogP) is 14.1. The molecule has 0 unspecified atom stereocenters. The Morgan fingerprint density at radius 1 is 0.508 bits per heavy atom. The van der Waals surface area contributed by atoms with E-state index in [1.807, 2.05) is 12.1 Å². The van der Waals surface area contributed by atoms with E-state index in [0.717, 1.165) is 54.4 Å². The number of rotatable bonds is 6. The van der Waals surface area contributed by atoms with Crippen molar-refractivity contribution in [3.63, 3.8) is 0 Å². The van der Waals surface area contributed by atoms with Gasteiger partial charge in [0.1, 0.15) is 0 Å². The normalized spacial score (nSPS) is 14.9. The van der Waals surface area contributed by atoms with Crippen molar-refractivity contribution in [2.45, 2.75) is 134 Å². The molecule has 61 heavy (non-hydrogen) atoms. The van der Waals surface area contributed by atoms with Gasteiger partial charge in [-0.25, -0.2) is 0 Å².